The lowest BCUT2D eigenvalue weighted by Crippen LogP contribution is -2.19. The average Bonchev–Trinajstić information content (AvgIpc) is 1.99. The van der Waals surface area contributed by atoms with Crippen LogP contribution in [-0.4, -0.2) is 24.0 Å². The zero-order valence-electron chi connectivity index (χ0n) is 7.68. The van der Waals surface area contributed by atoms with Crippen molar-refractivity contribution in [3.05, 3.63) is 12.2 Å². The SMILES string of the molecule is C=C(CC)CCC(=S)N(C)C. The van der Waals surface area contributed by atoms with Crippen molar-refractivity contribution in [3.8, 4) is 0 Å². The summed E-state index contributed by atoms with van der Waals surface area (Å²) in [5.41, 5.74) is 1.29. The molecule has 0 heterocycles. The van der Waals surface area contributed by atoms with Gasteiger partial charge in [0.2, 0.25) is 0 Å². The molecular formula is C9H17NS. The number of allylic oxidation sites excluding steroid dienone is 1. The van der Waals surface area contributed by atoms with E-state index in [2.05, 4.69) is 13.5 Å². The molecule has 0 bridgehead atoms. The molecule has 0 aliphatic rings. The Hall–Kier alpha value is -0.370. The normalized spacial score (nSPS) is 9.36. The lowest BCUT2D eigenvalue weighted by Gasteiger charge is -2.13. The third-order valence-corrected chi connectivity index (χ3v) is 2.26. The Labute approximate surface area is 75.1 Å². The van der Waals surface area contributed by atoms with E-state index >= 15 is 0 Å². The van der Waals surface area contributed by atoms with Crippen molar-refractivity contribution in [1.82, 2.24) is 4.90 Å². The Morgan fingerprint density at radius 2 is 1.91 bits per heavy atom. The summed E-state index contributed by atoms with van der Waals surface area (Å²) in [7, 11) is 3.97. The van der Waals surface area contributed by atoms with E-state index in [9.17, 15) is 0 Å². The van der Waals surface area contributed by atoms with E-state index in [1.165, 1.54) is 5.57 Å². The average molecular weight is 171 g/mol. The highest BCUT2D eigenvalue weighted by Crippen LogP contribution is 2.07. The molecule has 0 aliphatic heterocycles. The van der Waals surface area contributed by atoms with E-state index in [1.807, 2.05) is 19.0 Å². The first-order chi connectivity index (χ1) is 5.07. The first-order valence-electron chi connectivity index (χ1n) is 3.94. The first kappa shape index (κ1) is 10.6. The molecule has 64 valence electrons. The summed E-state index contributed by atoms with van der Waals surface area (Å²) >= 11 is 5.13. The second-order valence-electron chi connectivity index (χ2n) is 2.89. The molecule has 0 amide bonds. The highest BCUT2D eigenvalue weighted by Gasteiger charge is 1.98. The third-order valence-electron chi connectivity index (χ3n) is 1.69. The van der Waals surface area contributed by atoms with E-state index in [0.29, 0.717) is 0 Å². The molecule has 0 saturated heterocycles. The molecule has 0 rings (SSSR count). The maximum absolute atomic E-state index is 5.13. The molecule has 0 fully saturated rings. The maximum Gasteiger partial charge on any atom is 0.0777 e. The van der Waals surface area contributed by atoms with E-state index < -0.39 is 0 Å². The number of hydrogen-bond donors (Lipinski definition) is 0. The number of nitrogens with zero attached hydrogens (tertiary/aromatic N) is 1. The van der Waals surface area contributed by atoms with Gasteiger partial charge in [0.15, 0.2) is 0 Å². The van der Waals surface area contributed by atoms with Crippen LogP contribution in [0.2, 0.25) is 0 Å². The molecule has 0 atom stereocenters. The van der Waals surface area contributed by atoms with E-state index in [1.54, 1.807) is 0 Å². The smallest absolute Gasteiger partial charge is 0.0777 e. The van der Waals surface area contributed by atoms with Crippen LogP contribution in [0, 0.1) is 0 Å². The lowest BCUT2D eigenvalue weighted by molar-refractivity contribution is 0.616. The second-order valence-corrected chi connectivity index (χ2v) is 3.36. The minimum atomic E-state index is 0.967. The van der Waals surface area contributed by atoms with Crippen LogP contribution in [0.25, 0.3) is 0 Å². The Balaban J connectivity index is 3.54. The fourth-order valence-electron chi connectivity index (χ4n) is 0.684. The van der Waals surface area contributed by atoms with Gasteiger partial charge < -0.3 is 4.90 Å². The van der Waals surface area contributed by atoms with Gasteiger partial charge in [-0.3, -0.25) is 0 Å². The molecule has 0 aromatic heterocycles. The molecule has 0 saturated carbocycles. The molecular weight excluding hydrogens is 154 g/mol. The van der Waals surface area contributed by atoms with E-state index in [-0.39, 0.29) is 0 Å². The Kier molecular flexibility index (Phi) is 5.12. The van der Waals surface area contributed by atoms with Crippen molar-refractivity contribution in [3.63, 3.8) is 0 Å². The summed E-state index contributed by atoms with van der Waals surface area (Å²) in [6.45, 7) is 6.05. The molecule has 0 unspecified atom stereocenters. The van der Waals surface area contributed by atoms with Crippen molar-refractivity contribution in [2.45, 2.75) is 26.2 Å². The standard InChI is InChI=1S/C9H17NS/c1-5-8(2)6-7-9(11)10(3)4/h2,5-7H2,1,3-4H3. The topological polar surface area (TPSA) is 3.24 Å². The minimum absolute atomic E-state index is 0.967. The van der Waals surface area contributed by atoms with Crippen LogP contribution in [0.5, 0.6) is 0 Å². The van der Waals surface area contributed by atoms with Gasteiger partial charge in [0.05, 0.1) is 4.99 Å². The van der Waals surface area contributed by atoms with Crippen molar-refractivity contribution >= 4 is 17.2 Å². The van der Waals surface area contributed by atoms with Crippen LogP contribution in [0.4, 0.5) is 0 Å². The molecule has 1 nitrogen and oxygen atoms in total. The largest absolute Gasteiger partial charge is 0.372 e. The van der Waals surface area contributed by atoms with Gasteiger partial charge in [0, 0.05) is 20.5 Å². The Bertz CT molecular complexity index is 150. The summed E-state index contributed by atoms with van der Waals surface area (Å²) in [5.74, 6) is 0. The molecule has 0 spiro atoms. The number of rotatable bonds is 4. The van der Waals surface area contributed by atoms with Crippen molar-refractivity contribution in [2.24, 2.45) is 0 Å². The molecule has 0 radical (unpaired) electrons. The fourth-order valence-corrected chi connectivity index (χ4v) is 0.786. The zero-order valence-corrected chi connectivity index (χ0v) is 8.50. The Morgan fingerprint density at radius 3 is 2.27 bits per heavy atom. The monoisotopic (exact) mass is 171 g/mol. The van der Waals surface area contributed by atoms with Crippen molar-refractivity contribution in [2.75, 3.05) is 14.1 Å². The van der Waals surface area contributed by atoms with Gasteiger partial charge in [-0.15, -0.1) is 0 Å². The van der Waals surface area contributed by atoms with Crippen molar-refractivity contribution < 1.29 is 0 Å². The van der Waals surface area contributed by atoms with Gasteiger partial charge in [-0.1, -0.05) is 31.3 Å². The summed E-state index contributed by atoms with van der Waals surface area (Å²) in [5, 5.41) is 0. The highest BCUT2D eigenvalue weighted by atomic mass is 32.1. The van der Waals surface area contributed by atoms with E-state index in [4.69, 9.17) is 12.2 Å². The summed E-state index contributed by atoms with van der Waals surface area (Å²) in [6, 6.07) is 0. The summed E-state index contributed by atoms with van der Waals surface area (Å²) in [4.78, 5) is 3.00. The predicted octanol–water partition coefficient (Wildman–Crippen LogP) is 2.62. The van der Waals surface area contributed by atoms with Gasteiger partial charge in [-0.05, 0) is 12.8 Å². The molecule has 11 heavy (non-hydrogen) atoms. The second kappa shape index (κ2) is 5.30. The highest BCUT2D eigenvalue weighted by molar-refractivity contribution is 7.80. The molecule has 0 aromatic rings. The summed E-state index contributed by atoms with van der Waals surface area (Å²) in [6.07, 6.45) is 3.07. The summed E-state index contributed by atoms with van der Waals surface area (Å²) < 4.78 is 0. The van der Waals surface area contributed by atoms with Crippen LogP contribution in [-0.2, 0) is 0 Å². The maximum atomic E-state index is 5.13. The van der Waals surface area contributed by atoms with Gasteiger partial charge in [-0.2, -0.15) is 0 Å². The molecule has 0 N–H and O–H groups in total. The van der Waals surface area contributed by atoms with Crippen LogP contribution in [0.3, 0.4) is 0 Å². The number of thiocarbonyl (C=S) groups is 1. The van der Waals surface area contributed by atoms with Gasteiger partial charge in [0.25, 0.3) is 0 Å². The minimum Gasteiger partial charge on any atom is -0.372 e. The van der Waals surface area contributed by atoms with Crippen LogP contribution in [0.1, 0.15) is 26.2 Å². The molecule has 2 heteroatoms. The van der Waals surface area contributed by atoms with Crippen molar-refractivity contribution in [1.29, 1.82) is 0 Å². The third kappa shape index (κ3) is 4.96. The van der Waals surface area contributed by atoms with Gasteiger partial charge >= 0.3 is 0 Å². The zero-order chi connectivity index (χ0) is 8.85. The van der Waals surface area contributed by atoms with Gasteiger partial charge in [0.1, 0.15) is 0 Å². The predicted molar refractivity (Wildman–Crippen MR) is 55.0 cm³/mol. The van der Waals surface area contributed by atoms with Gasteiger partial charge in [-0.25, -0.2) is 0 Å². The van der Waals surface area contributed by atoms with Crippen LogP contribution >= 0.6 is 12.2 Å². The van der Waals surface area contributed by atoms with Crippen LogP contribution < -0.4 is 0 Å². The molecule has 0 aromatic carbocycles. The van der Waals surface area contributed by atoms with Crippen LogP contribution in [0.15, 0.2) is 12.2 Å². The fraction of sp³-hybridized carbons (Fsp3) is 0.667. The lowest BCUT2D eigenvalue weighted by atomic mass is 10.1. The quantitative estimate of drug-likeness (QED) is 0.472. The number of hydrogen-bond acceptors (Lipinski definition) is 1. The first-order valence-corrected chi connectivity index (χ1v) is 4.35. The molecule has 0 aliphatic carbocycles. The Morgan fingerprint density at radius 1 is 1.36 bits per heavy atom. The van der Waals surface area contributed by atoms with E-state index in [0.717, 1.165) is 24.3 Å².